The van der Waals surface area contributed by atoms with E-state index in [1.54, 1.807) is 6.92 Å². The predicted molar refractivity (Wildman–Crippen MR) is 103 cm³/mol. The Morgan fingerprint density at radius 1 is 0.893 bits per heavy atom. The Morgan fingerprint density at radius 2 is 1.43 bits per heavy atom. The molecule has 0 aromatic heterocycles. The van der Waals surface area contributed by atoms with E-state index in [-0.39, 0.29) is 18.3 Å². The van der Waals surface area contributed by atoms with Gasteiger partial charge in [0.25, 0.3) is 0 Å². The third-order valence-electron chi connectivity index (χ3n) is 4.34. The Hall–Kier alpha value is -2.20. The maximum Gasteiger partial charge on any atom is 0.328 e. The quantitative estimate of drug-likeness (QED) is 0.242. The van der Waals surface area contributed by atoms with E-state index in [4.69, 9.17) is 15.9 Å². The van der Waals surface area contributed by atoms with Gasteiger partial charge >= 0.3 is 5.97 Å². The van der Waals surface area contributed by atoms with E-state index in [9.17, 15) is 19.2 Å². The van der Waals surface area contributed by atoms with Crippen LogP contribution in [0.1, 0.15) is 47.5 Å². The second-order valence-corrected chi connectivity index (χ2v) is 7.43. The lowest BCUT2D eigenvalue weighted by atomic mass is 9.96. The molecule has 3 amide bonds. The lowest BCUT2D eigenvalue weighted by Gasteiger charge is -2.28. The molecule has 0 spiro atoms. The van der Waals surface area contributed by atoms with Gasteiger partial charge in [0, 0.05) is 0 Å². The summed E-state index contributed by atoms with van der Waals surface area (Å²) >= 11 is 0. The molecule has 0 aliphatic rings. The van der Waals surface area contributed by atoms with Gasteiger partial charge < -0.3 is 31.9 Å². The van der Waals surface area contributed by atoms with Gasteiger partial charge in [-0.1, -0.05) is 34.1 Å². The van der Waals surface area contributed by atoms with Crippen LogP contribution in [0.2, 0.25) is 0 Å². The first kappa shape index (κ1) is 25.8. The van der Waals surface area contributed by atoms with Crippen molar-refractivity contribution in [1.29, 1.82) is 0 Å². The molecule has 0 heterocycles. The monoisotopic (exact) mass is 402 g/mol. The van der Waals surface area contributed by atoms with Gasteiger partial charge in [0.1, 0.15) is 18.1 Å². The molecule has 0 radical (unpaired) electrons. The van der Waals surface area contributed by atoms with Gasteiger partial charge in [-0.3, -0.25) is 14.4 Å². The van der Waals surface area contributed by atoms with Crippen molar-refractivity contribution >= 4 is 23.7 Å². The molecule has 162 valence electrons. The van der Waals surface area contributed by atoms with Crippen molar-refractivity contribution < 1.29 is 29.4 Å². The minimum absolute atomic E-state index is 0.0224. The van der Waals surface area contributed by atoms with Crippen LogP contribution >= 0.6 is 0 Å². The topological polar surface area (TPSA) is 171 Å². The summed E-state index contributed by atoms with van der Waals surface area (Å²) in [5.41, 5.74) is 5.55. The smallest absolute Gasteiger partial charge is 0.328 e. The summed E-state index contributed by atoms with van der Waals surface area (Å²) < 4.78 is 0. The molecular weight excluding hydrogens is 368 g/mol. The number of aliphatic carboxylic acids is 1. The highest BCUT2D eigenvalue weighted by molar-refractivity contribution is 5.94. The Balaban J connectivity index is 5.40. The largest absolute Gasteiger partial charge is 0.480 e. The van der Waals surface area contributed by atoms with Crippen molar-refractivity contribution in [3.63, 3.8) is 0 Å². The van der Waals surface area contributed by atoms with Crippen molar-refractivity contribution in [3.8, 4) is 0 Å². The Kier molecular flexibility index (Phi) is 11.3. The fraction of sp³-hybridized carbons (Fsp3) is 0.778. The van der Waals surface area contributed by atoms with E-state index >= 15 is 0 Å². The van der Waals surface area contributed by atoms with Crippen LogP contribution in [-0.2, 0) is 19.2 Å². The molecule has 7 N–H and O–H groups in total. The van der Waals surface area contributed by atoms with E-state index in [2.05, 4.69) is 16.0 Å². The van der Waals surface area contributed by atoms with Crippen LogP contribution in [-0.4, -0.2) is 64.7 Å². The van der Waals surface area contributed by atoms with Gasteiger partial charge in [0.2, 0.25) is 17.7 Å². The van der Waals surface area contributed by atoms with Gasteiger partial charge in [-0.25, -0.2) is 4.79 Å². The van der Waals surface area contributed by atoms with Gasteiger partial charge in [-0.05, 0) is 25.2 Å². The third-order valence-corrected chi connectivity index (χ3v) is 4.34. The summed E-state index contributed by atoms with van der Waals surface area (Å²) in [7, 11) is 0. The highest BCUT2D eigenvalue weighted by Gasteiger charge is 2.32. The highest BCUT2D eigenvalue weighted by Crippen LogP contribution is 2.11. The molecular formula is C18H34N4O6. The molecule has 0 bridgehead atoms. The molecule has 0 aromatic rings. The van der Waals surface area contributed by atoms with E-state index in [0.717, 1.165) is 0 Å². The molecule has 10 heteroatoms. The summed E-state index contributed by atoms with van der Waals surface area (Å²) in [5.74, 6) is -3.34. The molecule has 0 aromatic carbocycles. The van der Waals surface area contributed by atoms with E-state index in [1.807, 2.05) is 20.8 Å². The summed E-state index contributed by atoms with van der Waals surface area (Å²) in [6.45, 7) is 8.06. The number of carboxylic acid groups (broad SMARTS) is 1. The fourth-order valence-electron chi connectivity index (χ4n) is 2.41. The first-order chi connectivity index (χ1) is 12.9. The first-order valence-corrected chi connectivity index (χ1v) is 9.44. The van der Waals surface area contributed by atoms with E-state index in [0.29, 0.717) is 6.42 Å². The van der Waals surface area contributed by atoms with E-state index in [1.165, 1.54) is 6.92 Å². The SMILES string of the molecule is CCC(C)C(NC(=O)C(C)N)C(=O)NC(CC(C)C)C(=O)NC(CO)C(=O)O. The number of carbonyl (C=O) groups is 4. The Labute approximate surface area is 165 Å². The maximum absolute atomic E-state index is 12.8. The summed E-state index contributed by atoms with van der Waals surface area (Å²) in [6, 6.07) is -4.17. The molecule has 0 aliphatic heterocycles. The number of rotatable bonds is 12. The average Bonchev–Trinajstić information content (AvgIpc) is 2.61. The molecule has 0 rings (SSSR count). The van der Waals surface area contributed by atoms with Crippen LogP contribution in [0.25, 0.3) is 0 Å². The lowest BCUT2D eigenvalue weighted by molar-refractivity contribution is -0.143. The van der Waals surface area contributed by atoms with Gasteiger partial charge in [-0.2, -0.15) is 0 Å². The normalized spacial score (nSPS) is 16.4. The number of aliphatic hydroxyl groups is 1. The second kappa shape index (κ2) is 12.3. The standard InChI is InChI=1S/C18H34N4O6/c1-6-10(4)14(22-15(24)11(5)19)17(26)20-12(7-9(2)3)16(25)21-13(8-23)18(27)28/h9-14,23H,6-8,19H2,1-5H3,(H,20,26)(H,21,25)(H,22,24)(H,27,28). The molecule has 0 fully saturated rings. The lowest BCUT2D eigenvalue weighted by Crippen LogP contribution is -2.58. The number of nitrogens with two attached hydrogens (primary N) is 1. The fourth-order valence-corrected chi connectivity index (χ4v) is 2.41. The van der Waals surface area contributed by atoms with Crippen LogP contribution in [0.5, 0.6) is 0 Å². The van der Waals surface area contributed by atoms with Gasteiger partial charge in [0.15, 0.2) is 0 Å². The first-order valence-electron chi connectivity index (χ1n) is 9.44. The van der Waals surface area contributed by atoms with Crippen molar-refractivity contribution in [1.82, 2.24) is 16.0 Å². The highest BCUT2D eigenvalue weighted by atomic mass is 16.4. The predicted octanol–water partition coefficient (Wildman–Crippen LogP) is -1.04. The zero-order valence-electron chi connectivity index (χ0n) is 17.2. The summed E-state index contributed by atoms with van der Waals surface area (Å²) in [6.07, 6.45) is 0.855. The van der Waals surface area contributed by atoms with Crippen LogP contribution in [0.15, 0.2) is 0 Å². The number of carboxylic acids is 1. The molecule has 0 saturated heterocycles. The van der Waals surface area contributed by atoms with Crippen LogP contribution in [0, 0.1) is 11.8 Å². The third kappa shape index (κ3) is 8.66. The molecule has 5 unspecified atom stereocenters. The minimum Gasteiger partial charge on any atom is -0.480 e. The average molecular weight is 402 g/mol. The van der Waals surface area contributed by atoms with Crippen molar-refractivity contribution in [2.45, 2.75) is 71.6 Å². The minimum atomic E-state index is -1.47. The van der Waals surface area contributed by atoms with Gasteiger partial charge in [-0.15, -0.1) is 0 Å². The number of carbonyl (C=O) groups excluding carboxylic acids is 3. The molecule has 0 saturated carbocycles. The number of nitrogens with one attached hydrogen (secondary N) is 3. The van der Waals surface area contributed by atoms with Crippen molar-refractivity contribution in [2.75, 3.05) is 6.61 Å². The second-order valence-electron chi connectivity index (χ2n) is 7.43. The molecule has 10 nitrogen and oxygen atoms in total. The van der Waals surface area contributed by atoms with Crippen molar-refractivity contribution in [3.05, 3.63) is 0 Å². The van der Waals surface area contributed by atoms with Crippen molar-refractivity contribution in [2.24, 2.45) is 17.6 Å². The van der Waals surface area contributed by atoms with Crippen LogP contribution in [0.4, 0.5) is 0 Å². The zero-order valence-corrected chi connectivity index (χ0v) is 17.2. The number of aliphatic hydroxyl groups excluding tert-OH is 1. The zero-order chi connectivity index (χ0) is 22.0. The molecule has 0 aliphatic carbocycles. The summed E-state index contributed by atoms with van der Waals surface area (Å²) in [5, 5.41) is 25.5. The Bertz CT molecular complexity index is 552. The molecule has 5 atom stereocenters. The van der Waals surface area contributed by atoms with Crippen LogP contribution in [0.3, 0.4) is 0 Å². The number of amides is 3. The summed E-state index contributed by atoms with van der Waals surface area (Å²) in [4.78, 5) is 48.2. The molecule has 28 heavy (non-hydrogen) atoms. The Morgan fingerprint density at radius 3 is 1.82 bits per heavy atom. The number of hydrogen-bond donors (Lipinski definition) is 6. The number of hydrogen-bond acceptors (Lipinski definition) is 6. The van der Waals surface area contributed by atoms with Gasteiger partial charge in [0.05, 0.1) is 12.6 Å². The van der Waals surface area contributed by atoms with E-state index < -0.39 is 54.5 Å². The maximum atomic E-state index is 12.8. The van der Waals surface area contributed by atoms with Crippen LogP contribution < -0.4 is 21.7 Å².